The zero-order chi connectivity index (χ0) is 25.7. The number of nitrogens with zero attached hydrogens (tertiary/aromatic N) is 1. The third kappa shape index (κ3) is 6.29. The molecule has 1 aliphatic carbocycles. The second-order valence-corrected chi connectivity index (χ2v) is 10.3. The number of aryl methyl sites for hydroxylation is 1. The summed E-state index contributed by atoms with van der Waals surface area (Å²) in [5.41, 5.74) is 2.13. The van der Waals surface area contributed by atoms with Gasteiger partial charge in [0.25, 0.3) is 0 Å². The monoisotopic (exact) mass is 485 g/mol. The quantitative estimate of drug-likeness (QED) is 0.475. The van der Waals surface area contributed by atoms with E-state index in [4.69, 9.17) is 14.6 Å². The average molecular weight is 486 g/mol. The first kappa shape index (κ1) is 26.9. The van der Waals surface area contributed by atoms with Gasteiger partial charge < -0.3 is 24.6 Å². The molecule has 2 aliphatic rings. The highest BCUT2D eigenvalue weighted by Gasteiger charge is 2.52. The van der Waals surface area contributed by atoms with E-state index in [1.165, 1.54) is 4.90 Å². The van der Waals surface area contributed by atoms with Crippen LogP contribution in [0, 0.1) is 29.6 Å². The number of fused-ring (bicyclic) bond motifs is 3. The summed E-state index contributed by atoms with van der Waals surface area (Å²) in [7, 11) is 3.34. The fourth-order valence-electron chi connectivity index (χ4n) is 5.63. The number of carboxylic acids is 1. The van der Waals surface area contributed by atoms with Crippen molar-refractivity contribution in [3.8, 4) is 17.6 Å². The Morgan fingerprint density at radius 3 is 2.69 bits per heavy atom. The van der Waals surface area contributed by atoms with Crippen LogP contribution in [0.25, 0.3) is 0 Å². The van der Waals surface area contributed by atoms with Gasteiger partial charge >= 0.3 is 12.1 Å². The van der Waals surface area contributed by atoms with Gasteiger partial charge in [0, 0.05) is 50.8 Å². The molecule has 2 N–H and O–H groups in total. The number of carbonyl (C=O) groups is 2. The average Bonchev–Trinajstić information content (AvgIpc) is 3.31. The Hall–Kier alpha value is -2.72. The topological polar surface area (TPSA) is 96.3 Å². The van der Waals surface area contributed by atoms with Crippen molar-refractivity contribution in [1.29, 1.82) is 0 Å². The summed E-state index contributed by atoms with van der Waals surface area (Å²) in [6, 6.07) is 6.07. The summed E-state index contributed by atoms with van der Waals surface area (Å²) in [5.74, 6) is 6.27. The Morgan fingerprint density at radius 1 is 1.29 bits per heavy atom. The summed E-state index contributed by atoms with van der Waals surface area (Å²) in [5, 5.41) is 20.0. The molecule has 0 radical (unpaired) electrons. The summed E-state index contributed by atoms with van der Waals surface area (Å²) in [4.78, 5) is 24.7. The molecule has 7 heteroatoms. The first-order valence-corrected chi connectivity index (χ1v) is 12.6. The second-order valence-electron chi connectivity index (χ2n) is 10.3. The summed E-state index contributed by atoms with van der Waals surface area (Å²) in [6.07, 6.45) is 1.88. The van der Waals surface area contributed by atoms with Crippen LogP contribution in [0.3, 0.4) is 0 Å². The van der Waals surface area contributed by atoms with Crippen LogP contribution in [0.15, 0.2) is 18.2 Å². The Bertz CT molecular complexity index is 964. The number of amides is 1. The standard InChI is InChI=1S/C28H39NO6/c1-6-7-10-17(2)22(35-28(33)29(4)5)15-18(3)25-21(30)16-23-26(25)20-13-8-11-19(27(20)34-23)12-9-14-24(31)32/h8,11,13,17-18,21-23,25-26,30H,9-10,12,14-16H2,1-5H3,(H,31,32)/t17-,18?,21+,22+,23-,25-,26-/m0/s1. The van der Waals surface area contributed by atoms with Crippen molar-refractivity contribution in [1.82, 2.24) is 4.90 Å². The normalized spacial score (nSPS) is 24.7. The van der Waals surface area contributed by atoms with Crippen LogP contribution in [0.1, 0.15) is 69.9 Å². The molecule has 1 aromatic carbocycles. The molecule has 0 aromatic heterocycles. The van der Waals surface area contributed by atoms with Crippen molar-refractivity contribution in [3.63, 3.8) is 0 Å². The van der Waals surface area contributed by atoms with Crippen molar-refractivity contribution >= 4 is 12.1 Å². The molecule has 7 atom stereocenters. The zero-order valence-electron chi connectivity index (χ0n) is 21.5. The molecule has 0 bridgehead atoms. The van der Waals surface area contributed by atoms with Crippen LogP contribution >= 0.6 is 0 Å². The molecular formula is C28H39NO6. The van der Waals surface area contributed by atoms with Gasteiger partial charge in [-0.25, -0.2) is 4.79 Å². The third-order valence-electron chi connectivity index (χ3n) is 7.44. The molecule has 1 saturated carbocycles. The van der Waals surface area contributed by atoms with Crippen molar-refractivity contribution in [2.24, 2.45) is 17.8 Å². The Labute approximate surface area is 208 Å². The second kappa shape index (κ2) is 11.8. The number of carboxylic acid groups (broad SMARTS) is 1. The van der Waals surface area contributed by atoms with E-state index in [0.29, 0.717) is 32.1 Å². The first-order valence-electron chi connectivity index (χ1n) is 12.6. The van der Waals surface area contributed by atoms with E-state index < -0.39 is 12.1 Å². The predicted molar refractivity (Wildman–Crippen MR) is 133 cm³/mol. The number of carbonyl (C=O) groups excluding carboxylic acids is 1. The number of hydrogen-bond donors (Lipinski definition) is 2. The van der Waals surface area contributed by atoms with Crippen LogP contribution < -0.4 is 4.74 Å². The van der Waals surface area contributed by atoms with Crippen molar-refractivity contribution in [2.45, 2.75) is 83.5 Å². The molecule has 35 heavy (non-hydrogen) atoms. The van der Waals surface area contributed by atoms with Gasteiger partial charge in [-0.05, 0) is 43.6 Å². The van der Waals surface area contributed by atoms with Gasteiger partial charge in [-0.3, -0.25) is 4.79 Å². The molecule has 0 saturated heterocycles. The Balaban J connectivity index is 1.79. The SMILES string of the molecule is CC#CC[C@H](C)[C@@H](CC(C)[C@@H]1[C@H]2c3cccc(CCCC(=O)O)c3O[C@H]2C[C@H]1O)OC(=O)N(C)C. The number of aliphatic hydroxyl groups is 1. The molecule has 1 fully saturated rings. The summed E-state index contributed by atoms with van der Waals surface area (Å²) >= 11 is 0. The lowest BCUT2D eigenvalue weighted by atomic mass is 9.76. The first-order chi connectivity index (χ1) is 16.6. The van der Waals surface area contributed by atoms with Gasteiger partial charge in [0.05, 0.1) is 6.10 Å². The number of benzene rings is 1. The minimum absolute atomic E-state index is 0.0273. The number of para-hydroxylation sites is 1. The highest BCUT2D eigenvalue weighted by atomic mass is 16.6. The molecular weight excluding hydrogens is 446 g/mol. The van der Waals surface area contributed by atoms with Gasteiger partial charge in [0.2, 0.25) is 0 Å². The molecule has 0 spiro atoms. The fourth-order valence-corrected chi connectivity index (χ4v) is 5.63. The Morgan fingerprint density at radius 2 is 2.03 bits per heavy atom. The lowest BCUT2D eigenvalue weighted by molar-refractivity contribution is -0.137. The molecule has 1 unspecified atom stereocenters. The van der Waals surface area contributed by atoms with Gasteiger partial charge in [-0.1, -0.05) is 32.0 Å². The number of rotatable bonds is 10. The number of hydrogen-bond acceptors (Lipinski definition) is 5. The minimum atomic E-state index is -0.795. The number of aliphatic hydroxyl groups excluding tert-OH is 1. The van der Waals surface area contributed by atoms with Crippen LogP contribution in [-0.2, 0) is 16.0 Å². The highest BCUT2D eigenvalue weighted by molar-refractivity contribution is 5.67. The minimum Gasteiger partial charge on any atom is -0.489 e. The van der Waals surface area contributed by atoms with Crippen LogP contribution in [0.5, 0.6) is 5.75 Å². The third-order valence-corrected chi connectivity index (χ3v) is 7.44. The fraction of sp³-hybridized carbons (Fsp3) is 0.643. The van der Waals surface area contributed by atoms with Crippen LogP contribution in [0.4, 0.5) is 4.79 Å². The lowest BCUT2D eigenvalue weighted by Gasteiger charge is -2.32. The van der Waals surface area contributed by atoms with Crippen molar-refractivity contribution in [2.75, 3.05) is 14.1 Å². The maximum absolute atomic E-state index is 12.4. The predicted octanol–water partition coefficient (Wildman–Crippen LogP) is 4.46. The van der Waals surface area contributed by atoms with E-state index in [9.17, 15) is 14.7 Å². The molecule has 7 nitrogen and oxygen atoms in total. The molecule has 1 aliphatic heterocycles. The Kier molecular flexibility index (Phi) is 9.07. The molecule has 1 amide bonds. The van der Waals surface area contributed by atoms with E-state index in [-0.39, 0.29) is 48.4 Å². The summed E-state index contributed by atoms with van der Waals surface area (Å²) in [6.45, 7) is 5.98. The van der Waals surface area contributed by atoms with Crippen molar-refractivity contribution in [3.05, 3.63) is 29.3 Å². The summed E-state index contributed by atoms with van der Waals surface area (Å²) < 4.78 is 12.2. The molecule has 192 valence electrons. The van der Waals surface area contributed by atoms with Crippen LogP contribution in [-0.4, -0.2) is 59.6 Å². The van der Waals surface area contributed by atoms with Crippen molar-refractivity contribution < 1.29 is 29.3 Å². The largest absolute Gasteiger partial charge is 0.489 e. The lowest BCUT2D eigenvalue weighted by Crippen LogP contribution is -2.35. The van der Waals surface area contributed by atoms with Crippen LogP contribution in [0.2, 0.25) is 0 Å². The van der Waals surface area contributed by atoms with Gasteiger partial charge in [-0.15, -0.1) is 11.8 Å². The zero-order valence-corrected chi connectivity index (χ0v) is 21.5. The maximum Gasteiger partial charge on any atom is 0.409 e. The number of aliphatic carboxylic acids is 1. The van der Waals surface area contributed by atoms with Gasteiger partial charge in [0.1, 0.15) is 18.0 Å². The van der Waals surface area contributed by atoms with E-state index in [0.717, 1.165) is 16.9 Å². The van der Waals surface area contributed by atoms with E-state index in [2.05, 4.69) is 31.8 Å². The van der Waals surface area contributed by atoms with Gasteiger partial charge in [0.15, 0.2) is 0 Å². The van der Waals surface area contributed by atoms with E-state index >= 15 is 0 Å². The maximum atomic E-state index is 12.4. The number of ether oxygens (including phenoxy) is 2. The smallest absolute Gasteiger partial charge is 0.409 e. The molecule has 1 heterocycles. The molecule has 1 aromatic rings. The highest BCUT2D eigenvalue weighted by Crippen LogP contribution is 2.54. The van der Waals surface area contributed by atoms with E-state index in [1.54, 1.807) is 21.0 Å². The van der Waals surface area contributed by atoms with Gasteiger partial charge in [-0.2, -0.15) is 0 Å². The molecule has 3 rings (SSSR count). The van der Waals surface area contributed by atoms with E-state index in [1.807, 2.05) is 12.1 Å².